The fourth-order valence-corrected chi connectivity index (χ4v) is 3.93. The van der Waals surface area contributed by atoms with E-state index in [-0.39, 0.29) is 23.5 Å². The first kappa shape index (κ1) is 22.3. The first-order chi connectivity index (χ1) is 14.6. The van der Waals surface area contributed by atoms with Crippen LogP contribution in [0.3, 0.4) is 0 Å². The number of amides is 1. The third kappa shape index (κ3) is 5.59. The highest BCUT2D eigenvalue weighted by Crippen LogP contribution is 2.25. The molecule has 8 nitrogen and oxygen atoms in total. The summed E-state index contributed by atoms with van der Waals surface area (Å²) in [7, 11) is -3.62. The Morgan fingerprint density at radius 1 is 1.06 bits per heavy atom. The predicted molar refractivity (Wildman–Crippen MR) is 120 cm³/mol. The SMILES string of the molecule is CS(=O)(=O)N(Cc1ccccc1Cl)c1ccc(C(=O)Nc2cccc([N+](=O)[O-])c2)cc1. The number of anilines is 2. The van der Waals surface area contributed by atoms with Crippen LogP contribution in [-0.2, 0) is 16.6 Å². The molecule has 10 heteroatoms. The van der Waals surface area contributed by atoms with Gasteiger partial charge >= 0.3 is 0 Å². The van der Waals surface area contributed by atoms with E-state index in [2.05, 4.69) is 5.32 Å². The number of nitrogens with one attached hydrogen (secondary N) is 1. The van der Waals surface area contributed by atoms with E-state index in [9.17, 15) is 23.3 Å². The number of carbonyl (C=O) groups is 1. The fourth-order valence-electron chi connectivity index (χ4n) is 2.86. The maximum atomic E-state index is 12.5. The number of nitro groups is 1. The lowest BCUT2D eigenvalue weighted by atomic mass is 10.1. The summed E-state index contributed by atoms with van der Waals surface area (Å²) in [6, 6.07) is 18.5. The second-order valence-electron chi connectivity index (χ2n) is 6.67. The van der Waals surface area contributed by atoms with Gasteiger partial charge in [-0.2, -0.15) is 0 Å². The quantitative estimate of drug-likeness (QED) is 0.414. The number of non-ortho nitro benzene ring substituents is 1. The van der Waals surface area contributed by atoms with Gasteiger partial charge in [-0.15, -0.1) is 0 Å². The van der Waals surface area contributed by atoms with Crippen molar-refractivity contribution >= 4 is 44.6 Å². The van der Waals surface area contributed by atoms with Crippen LogP contribution in [0.5, 0.6) is 0 Å². The molecule has 0 atom stereocenters. The minimum Gasteiger partial charge on any atom is -0.322 e. The molecule has 3 aromatic rings. The molecule has 0 fully saturated rings. The summed E-state index contributed by atoms with van der Waals surface area (Å²) < 4.78 is 25.9. The molecule has 0 saturated heterocycles. The van der Waals surface area contributed by atoms with E-state index in [0.29, 0.717) is 16.3 Å². The van der Waals surface area contributed by atoms with Crippen molar-refractivity contribution in [2.24, 2.45) is 0 Å². The van der Waals surface area contributed by atoms with Crippen molar-refractivity contribution in [2.75, 3.05) is 15.9 Å². The molecule has 0 aromatic heterocycles. The molecule has 160 valence electrons. The molecule has 0 aliphatic carbocycles. The maximum Gasteiger partial charge on any atom is 0.271 e. The number of hydrogen-bond acceptors (Lipinski definition) is 5. The van der Waals surface area contributed by atoms with E-state index < -0.39 is 20.9 Å². The van der Waals surface area contributed by atoms with E-state index in [0.717, 1.165) is 6.26 Å². The lowest BCUT2D eigenvalue weighted by molar-refractivity contribution is -0.384. The van der Waals surface area contributed by atoms with Gasteiger partial charge in [-0.05, 0) is 42.0 Å². The van der Waals surface area contributed by atoms with Gasteiger partial charge in [0.05, 0.1) is 23.4 Å². The normalized spacial score (nSPS) is 11.0. The molecule has 0 aliphatic rings. The number of halogens is 1. The zero-order valence-electron chi connectivity index (χ0n) is 16.4. The Balaban J connectivity index is 1.81. The number of benzene rings is 3. The van der Waals surface area contributed by atoms with Crippen LogP contribution in [0.25, 0.3) is 0 Å². The van der Waals surface area contributed by atoms with Crippen LogP contribution in [-0.4, -0.2) is 25.5 Å². The first-order valence-electron chi connectivity index (χ1n) is 9.02. The fraction of sp³-hybridized carbons (Fsp3) is 0.0952. The molecule has 3 rings (SSSR count). The molecule has 0 aliphatic heterocycles. The molecule has 0 radical (unpaired) electrons. The number of nitro benzene ring substituents is 1. The summed E-state index contributed by atoms with van der Waals surface area (Å²) in [5.74, 6) is -0.482. The number of rotatable bonds is 7. The van der Waals surface area contributed by atoms with Crippen LogP contribution in [0, 0.1) is 10.1 Å². The van der Waals surface area contributed by atoms with Crippen molar-refractivity contribution in [1.29, 1.82) is 0 Å². The Bertz CT molecular complexity index is 1230. The van der Waals surface area contributed by atoms with E-state index in [1.165, 1.54) is 52.8 Å². The smallest absolute Gasteiger partial charge is 0.271 e. The van der Waals surface area contributed by atoms with E-state index in [1.54, 1.807) is 24.3 Å². The van der Waals surface area contributed by atoms with E-state index >= 15 is 0 Å². The second kappa shape index (κ2) is 9.15. The van der Waals surface area contributed by atoms with Crippen molar-refractivity contribution in [1.82, 2.24) is 0 Å². The molecular formula is C21H18ClN3O5S. The predicted octanol–water partition coefficient (Wildman–Crippen LogP) is 4.47. The zero-order chi connectivity index (χ0) is 22.6. The number of hydrogen-bond donors (Lipinski definition) is 1. The molecule has 1 amide bonds. The molecule has 3 aromatic carbocycles. The molecule has 1 N–H and O–H groups in total. The maximum absolute atomic E-state index is 12.5. The average Bonchev–Trinajstić information content (AvgIpc) is 2.72. The third-order valence-corrected chi connectivity index (χ3v) is 5.91. The highest BCUT2D eigenvalue weighted by atomic mass is 35.5. The van der Waals surface area contributed by atoms with E-state index in [1.807, 2.05) is 0 Å². The Hall–Kier alpha value is -3.43. The van der Waals surface area contributed by atoms with Crippen LogP contribution in [0.2, 0.25) is 5.02 Å². The molecule has 0 saturated carbocycles. The summed E-state index contributed by atoms with van der Waals surface area (Å²) in [4.78, 5) is 22.8. The summed E-state index contributed by atoms with van der Waals surface area (Å²) >= 11 is 6.16. The van der Waals surface area contributed by atoms with Gasteiger partial charge in [0.1, 0.15) is 0 Å². The molecule has 0 unspecified atom stereocenters. The summed E-state index contributed by atoms with van der Waals surface area (Å²) in [5.41, 5.74) is 1.41. The van der Waals surface area contributed by atoms with E-state index in [4.69, 9.17) is 11.6 Å². The Morgan fingerprint density at radius 2 is 1.74 bits per heavy atom. The van der Waals surface area contributed by atoms with Gasteiger partial charge in [0.2, 0.25) is 10.0 Å². The monoisotopic (exact) mass is 459 g/mol. The summed E-state index contributed by atoms with van der Waals surface area (Å²) in [5, 5.41) is 13.9. The van der Waals surface area contributed by atoms with Gasteiger partial charge in [0, 0.05) is 28.4 Å². The van der Waals surface area contributed by atoms with Crippen LogP contribution in [0.15, 0.2) is 72.8 Å². The summed E-state index contributed by atoms with van der Waals surface area (Å²) in [6.07, 6.45) is 1.09. The first-order valence-corrected chi connectivity index (χ1v) is 11.2. The van der Waals surface area contributed by atoms with Crippen LogP contribution in [0.1, 0.15) is 15.9 Å². The van der Waals surface area contributed by atoms with Crippen molar-refractivity contribution in [2.45, 2.75) is 6.54 Å². The highest BCUT2D eigenvalue weighted by Gasteiger charge is 2.19. The second-order valence-corrected chi connectivity index (χ2v) is 8.98. The number of carbonyl (C=O) groups excluding carboxylic acids is 1. The van der Waals surface area contributed by atoms with Gasteiger partial charge in [-0.1, -0.05) is 35.9 Å². The molecule has 0 heterocycles. The minimum atomic E-state index is -3.62. The Kier molecular flexibility index (Phi) is 6.57. The highest BCUT2D eigenvalue weighted by molar-refractivity contribution is 7.92. The molecular weight excluding hydrogens is 442 g/mol. The van der Waals surface area contributed by atoms with Crippen LogP contribution < -0.4 is 9.62 Å². The van der Waals surface area contributed by atoms with Crippen molar-refractivity contribution < 1.29 is 18.1 Å². The third-order valence-electron chi connectivity index (χ3n) is 4.40. The van der Waals surface area contributed by atoms with Gasteiger partial charge in [0.25, 0.3) is 11.6 Å². The lowest BCUT2D eigenvalue weighted by Gasteiger charge is -2.23. The molecule has 0 bridgehead atoms. The number of sulfonamides is 1. The molecule has 31 heavy (non-hydrogen) atoms. The summed E-state index contributed by atoms with van der Waals surface area (Å²) in [6.45, 7) is 0.0394. The average molecular weight is 460 g/mol. The van der Waals surface area contributed by atoms with Gasteiger partial charge in [-0.25, -0.2) is 8.42 Å². The zero-order valence-corrected chi connectivity index (χ0v) is 17.9. The van der Waals surface area contributed by atoms with Crippen molar-refractivity contribution in [3.8, 4) is 0 Å². The van der Waals surface area contributed by atoms with Gasteiger partial charge < -0.3 is 5.32 Å². The number of nitrogens with zero attached hydrogens (tertiary/aromatic N) is 2. The largest absolute Gasteiger partial charge is 0.322 e. The lowest BCUT2D eigenvalue weighted by Crippen LogP contribution is -2.29. The standard InChI is InChI=1S/C21H18ClN3O5S/c1-31(29,30)24(14-16-5-2-3-8-20(16)22)18-11-9-15(10-12-18)21(26)23-17-6-4-7-19(13-17)25(27)28/h2-13H,14H2,1H3,(H,23,26). The van der Waals surface area contributed by atoms with Crippen molar-refractivity contribution in [3.63, 3.8) is 0 Å². The van der Waals surface area contributed by atoms with Crippen molar-refractivity contribution in [3.05, 3.63) is 99.1 Å². The van der Waals surface area contributed by atoms with Gasteiger partial charge in [0.15, 0.2) is 0 Å². The Morgan fingerprint density at radius 3 is 2.35 bits per heavy atom. The molecule has 0 spiro atoms. The minimum absolute atomic E-state index is 0.0394. The topological polar surface area (TPSA) is 110 Å². The van der Waals surface area contributed by atoms with Crippen LogP contribution >= 0.6 is 11.6 Å². The Labute approximate surface area is 184 Å². The van der Waals surface area contributed by atoms with Gasteiger partial charge in [-0.3, -0.25) is 19.2 Å². The van der Waals surface area contributed by atoms with Crippen LogP contribution in [0.4, 0.5) is 17.1 Å².